The molecule has 0 aliphatic rings. The number of benzene rings is 1. The molecule has 0 fully saturated rings. The number of thiophene rings is 1. The summed E-state index contributed by atoms with van der Waals surface area (Å²) in [6.07, 6.45) is 7.91. The average Bonchev–Trinajstić information content (AvgIpc) is 3.23. The minimum Gasteiger partial charge on any atom is -0.336 e. The molecule has 0 spiro atoms. The Morgan fingerprint density at radius 2 is 1.96 bits per heavy atom. The normalized spacial score (nSPS) is 12.4. The third-order valence-corrected chi connectivity index (χ3v) is 6.73. The van der Waals surface area contributed by atoms with Gasteiger partial charge in [-0.2, -0.15) is 11.8 Å². The zero-order chi connectivity index (χ0) is 16.8. The van der Waals surface area contributed by atoms with Crippen molar-refractivity contribution in [3.63, 3.8) is 0 Å². The van der Waals surface area contributed by atoms with E-state index in [1.807, 2.05) is 48.7 Å². The van der Waals surface area contributed by atoms with Gasteiger partial charge >= 0.3 is 0 Å². The van der Waals surface area contributed by atoms with Crippen molar-refractivity contribution in [2.45, 2.75) is 30.4 Å². The van der Waals surface area contributed by atoms with Crippen molar-refractivity contribution in [3.05, 3.63) is 74.9 Å². The fraction of sp³-hybridized carbons (Fsp3) is 0.278. The molecular weight excluding hydrogens is 379 g/mol. The van der Waals surface area contributed by atoms with Crippen LogP contribution in [-0.2, 0) is 18.7 Å². The Balaban J connectivity index is 1.59. The van der Waals surface area contributed by atoms with Crippen molar-refractivity contribution in [3.8, 4) is 0 Å². The van der Waals surface area contributed by atoms with Gasteiger partial charge in [-0.15, -0.1) is 11.3 Å². The van der Waals surface area contributed by atoms with Gasteiger partial charge in [0, 0.05) is 39.8 Å². The number of hydrogen-bond donors (Lipinski definition) is 0. The maximum Gasteiger partial charge on any atom is 0.0946 e. The number of aryl methyl sites for hydroxylation is 1. The second-order valence-electron chi connectivity index (χ2n) is 5.56. The highest BCUT2D eigenvalue weighted by Gasteiger charge is 2.12. The number of imidazole rings is 1. The number of aromatic nitrogens is 2. The third-order valence-electron chi connectivity index (χ3n) is 3.73. The lowest BCUT2D eigenvalue weighted by atomic mass is 10.1. The van der Waals surface area contributed by atoms with Gasteiger partial charge in [0.1, 0.15) is 0 Å². The number of nitrogens with zero attached hydrogens (tertiary/aromatic N) is 2. The van der Waals surface area contributed by atoms with Gasteiger partial charge in [0.25, 0.3) is 0 Å². The molecule has 1 aromatic carbocycles. The summed E-state index contributed by atoms with van der Waals surface area (Å²) in [4.78, 5) is 5.47. The predicted octanol–water partition coefficient (Wildman–Crippen LogP) is 6.19. The van der Waals surface area contributed by atoms with E-state index in [1.54, 1.807) is 11.3 Å². The van der Waals surface area contributed by atoms with E-state index in [9.17, 15) is 0 Å². The minimum atomic E-state index is 0.524. The van der Waals surface area contributed by atoms with Crippen LogP contribution in [0.3, 0.4) is 0 Å². The Bertz CT molecular complexity index is 739. The molecule has 0 saturated heterocycles. The summed E-state index contributed by atoms with van der Waals surface area (Å²) in [5.41, 5.74) is 1.33. The second-order valence-corrected chi connectivity index (χ2v) is 9.09. The van der Waals surface area contributed by atoms with Crippen LogP contribution >= 0.6 is 46.3 Å². The number of hydrogen-bond acceptors (Lipinski definition) is 3. The monoisotopic (exact) mass is 396 g/mol. The van der Waals surface area contributed by atoms with Gasteiger partial charge in [-0.05, 0) is 42.7 Å². The summed E-state index contributed by atoms with van der Waals surface area (Å²) in [7, 11) is 0. The Labute approximate surface area is 160 Å². The Kier molecular flexibility index (Phi) is 6.67. The number of thioether (sulfide) groups is 1. The molecule has 0 aliphatic carbocycles. The first-order chi connectivity index (χ1) is 11.7. The fourth-order valence-corrected chi connectivity index (χ4v) is 4.97. The van der Waals surface area contributed by atoms with Crippen molar-refractivity contribution < 1.29 is 0 Å². The van der Waals surface area contributed by atoms with Crippen LogP contribution in [0, 0.1) is 0 Å². The van der Waals surface area contributed by atoms with Crippen LogP contribution < -0.4 is 0 Å². The van der Waals surface area contributed by atoms with E-state index in [0.29, 0.717) is 5.25 Å². The zero-order valence-electron chi connectivity index (χ0n) is 13.1. The summed E-state index contributed by atoms with van der Waals surface area (Å²) in [5, 5.41) is 1.31. The number of rotatable bonds is 8. The molecule has 0 aliphatic heterocycles. The first kappa shape index (κ1) is 17.9. The van der Waals surface area contributed by atoms with Crippen LogP contribution in [0.2, 0.25) is 9.36 Å². The van der Waals surface area contributed by atoms with E-state index < -0.39 is 0 Å². The molecule has 2 heterocycles. The van der Waals surface area contributed by atoms with Gasteiger partial charge in [-0.25, -0.2) is 4.98 Å². The summed E-state index contributed by atoms with van der Waals surface area (Å²) < 4.78 is 3.01. The molecule has 0 radical (unpaired) electrons. The zero-order valence-corrected chi connectivity index (χ0v) is 16.2. The lowest BCUT2D eigenvalue weighted by Gasteiger charge is -2.17. The summed E-state index contributed by atoms with van der Waals surface area (Å²) >= 11 is 15.6. The highest BCUT2D eigenvalue weighted by atomic mass is 35.5. The van der Waals surface area contributed by atoms with Crippen LogP contribution in [0.25, 0.3) is 0 Å². The van der Waals surface area contributed by atoms with E-state index in [-0.39, 0.29) is 0 Å². The molecule has 1 unspecified atom stereocenters. The maximum absolute atomic E-state index is 6.03. The van der Waals surface area contributed by atoms with Crippen LogP contribution in [-0.4, -0.2) is 14.8 Å². The molecule has 6 heteroatoms. The smallest absolute Gasteiger partial charge is 0.0946 e. The summed E-state index contributed by atoms with van der Waals surface area (Å²) in [6, 6.07) is 12.2. The molecule has 0 amide bonds. The van der Waals surface area contributed by atoms with E-state index in [2.05, 4.69) is 27.8 Å². The predicted molar refractivity (Wildman–Crippen MR) is 106 cm³/mol. The van der Waals surface area contributed by atoms with Crippen LogP contribution in [0.5, 0.6) is 0 Å². The van der Waals surface area contributed by atoms with Crippen LogP contribution in [0.4, 0.5) is 0 Å². The quantitative estimate of drug-likeness (QED) is 0.451. The SMILES string of the molecule is Clc1ccc(CCC(Cn2ccnc2)SCc2ccc(Cl)s2)cc1. The maximum atomic E-state index is 6.03. The molecule has 1 atom stereocenters. The molecule has 0 N–H and O–H groups in total. The molecule has 2 aromatic heterocycles. The van der Waals surface area contributed by atoms with Crippen LogP contribution in [0.1, 0.15) is 16.9 Å². The van der Waals surface area contributed by atoms with Crippen molar-refractivity contribution in [2.75, 3.05) is 0 Å². The molecule has 0 bridgehead atoms. The highest BCUT2D eigenvalue weighted by molar-refractivity contribution is 7.99. The number of halogens is 2. The van der Waals surface area contributed by atoms with Crippen molar-refractivity contribution in [1.82, 2.24) is 9.55 Å². The lowest BCUT2D eigenvalue weighted by molar-refractivity contribution is 0.624. The van der Waals surface area contributed by atoms with Gasteiger partial charge in [-0.3, -0.25) is 0 Å². The lowest BCUT2D eigenvalue weighted by Crippen LogP contribution is -2.13. The average molecular weight is 397 g/mol. The second kappa shape index (κ2) is 8.95. The minimum absolute atomic E-state index is 0.524. The van der Waals surface area contributed by atoms with E-state index in [1.165, 1.54) is 10.4 Å². The Morgan fingerprint density at radius 3 is 2.62 bits per heavy atom. The van der Waals surface area contributed by atoms with Gasteiger partial charge in [0.05, 0.1) is 10.7 Å². The van der Waals surface area contributed by atoms with Crippen molar-refractivity contribution in [2.24, 2.45) is 0 Å². The standard InChI is InChI=1S/C18H18Cl2N2S2/c19-15-4-1-14(2-5-15)3-6-16(11-22-10-9-21-13-22)23-12-17-7-8-18(20)24-17/h1-2,4-5,7-10,13,16H,3,6,11-12H2. The van der Waals surface area contributed by atoms with Gasteiger partial charge < -0.3 is 4.57 Å². The molecule has 2 nitrogen and oxygen atoms in total. The largest absolute Gasteiger partial charge is 0.336 e. The molecule has 3 aromatic rings. The molecule has 3 rings (SSSR count). The first-order valence-electron chi connectivity index (χ1n) is 7.75. The summed E-state index contributed by atoms with van der Waals surface area (Å²) in [5.74, 6) is 0.997. The van der Waals surface area contributed by atoms with Gasteiger partial charge in [-0.1, -0.05) is 35.3 Å². The van der Waals surface area contributed by atoms with Gasteiger partial charge in [0.15, 0.2) is 0 Å². The third kappa shape index (κ3) is 5.55. The topological polar surface area (TPSA) is 17.8 Å². The first-order valence-corrected chi connectivity index (χ1v) is 10.4. The Morgan fingerprint density at radius 1 is 1.12 bits per heavy atom. The van der Waals surface area contributed by atoms with Crippen molar-refractivity contribution >= 4 is 46.3 Å². The van der Waals surface area contributed by atoms with E-state index in [0.717, 1.165) is 34.5 Å². The molecular formula is C18H18Cl2N2S2. The molecule has 0 saturated carbocycles. The fourth-order valence-electron chi connectivity index (χ4n) is 2.47. The molecule has 24 heavy (non-hydrogen) atoms. The summed E-state index contributed by atoms with van der Waals surface area (Å²) in [6.45, 7) is 0.970. The van der Waals surface area contributed by atoms with Gasteiger partial charge in [0.2, 0.25) is 0 Å². The highest BCUT2D eigenvalue weighted by Crippen LogP contribution is 2.29. The Hall–Kier alpha value is -0.940. The van der Waals surface area contributed by atoms with Crippen LogP contribution in [0.15, 0.2) is 55.1 Å². The van der Waals surface area contributed by atoms with E-state index in [4.69, 9.17) is 23.2 Å². The van der Waals surface area contributed by atoms with E-state index >= 15 is 0 Å². The molecule has 126 valence electrons. The van der Waals surface area contributed by atoms with Crippen molar-refractivity contribution in [1.29, 1.82) is 0 Å².